The third-order valence-electron chi connectivity index (χ3n) is 3.59. The number of halogens is 1. The predicted molar refractivity (Wildman–Crippen MR) is 79.3 cm³/mol. The van der Waals surface area contributed by atoms with Gasteiger partial charge in [-0.1, -0.05) is 12.1 Å². The summed E-state index contributed by atoms with van der Waals surface area (Å²) in [6.45, 7) is 3.41. The number of hydrogen-bond acceptors (Lipinski definition) is 4. The maximum absolute atomic E-state index is 13.5. The van der Waals surface area contributed by atoms with Crippen LogP contribution in [0.3, 0.4) is 0 Å². The minimum absolute atomic E-state index is 0.0112. The zero-order valence-corrected chi connectivity index (χ0v) is 12.8. The molecule has 0 bridgehead atoms. The average Bonchev–Trinajstić information content (AvgIpc) is 2.66. The lowest BCUT2D eigenvalue weighted by Crippen LogP contribution is -2.52. The molecule has 21 heavy (non-hydrogen) atoms. The van der Waals surface area contributed by atoms with Crippen LogP contribution in [0.25, 0.3) is 0 Å². The van der Waals surface area contributed by atoms with Gasteiger partial charge in [0.15, 0.2) is 9.84 Å². The number of benzene rings is 1. The van der Waals surface area contributed by atoms with Gasteiger partial charge in [0.2, 0.25) is 5.91 Å². The van der Waals surface area contributed by atoms with Crippen LogP contribution in [-0.4, -0.2) is 37.4 Å². The molecule has 1 saturated heterocycles. The molecular weight excluding hydrogens is 295 g/mol. The number of carbonyl (C=O) groups excluding carboxylic acids is 1. The molecule has 0 saturated carbocycles. The summed E-state index contributed by atoms with van der Waals surface area (Å²) in [5.41, 5.74) is -0.509. The van der Waals surface area contributed by atoms with E-state index < -0.39 is 33.1 Å². The summed E-state index contributed by atoms with van der Waals surface area (Å²) in [5, 5.41) is 5.53. The van der Waals surface area contributed by atoms with Gasteiger partial charge in [-0.15, -0.1) is 0 Å². The minimum Gasteiger partial charge on any atom is -0.322 e. The average molecular weight is 314 g/mol. The minimum atomic E-state index is -3.05. The summed E-state index contributed by atoms with van der Waals surface area (Å²) < 4.78 is 36.6. The smallest absolute Gasteiger partial charge is 0.241 e. The molecule has 1 heterocycles. The van der Waals surface area contributed by atoms with Crippen LogP contribution in [0.4, 0.5) is 10.1 Å². The molecule has 7 heteroatoms. The molecule has 0 aliphatic carbocycles. The second kappa shape index (κ2) is 5.73. The Morgan fingerprint density at radius 1 is 1.38 bits per heavy atom. The fraction of sp³-hybridized carbons (Fsp3) is 0.500. The fourth-order valence-electron chi connectivity index (χ4n) is 2.52. The van der Waals surface area contributed by atoms with E-state index in [2.05, 4.69) is 10.6 Å². The molecule has 0 unspecified atom stereocenters. The zero-order chi connectivity index (χ0) is 15.7. The van der Waals surface area contributed by atoms with Crippen LogP contribution in [0, 0.1) is 5.82 Å². The molecular formula is C14H19FN2O3S. The molecule has 1 aliphatic heterocycles. The van der Waals surface area contributed by atoms with Crippen LogP contribution in [0.2, 0.25) is 0 Å². The first-order chi connectivity index (χ1) is 9.71. The first-order valence-electron chi connectivity index (χ1n) is 6.74. The van der Waals surface area contributed by atoms with Gasteiger partial charge in [0, 0.05) is 5.54 Å². The van der Waals surface area contributed by atoms with Gasteiger partial charge in [-0.3, -0.25) is 10.1 Å². The summed E-state index contributed by atoms with van der Waals surface area (Å²) in [7, 11) is -3.05. The van der Waals surface area contributed by atoms with Crippen molar-refractivity contribution in [3.05, 3.63) is 30.1 Å². The number of nitrogens with one attached hydrogen (secondary N) is 2. The summed E-state index contributed by atoms with van der Waals surface area (Å²) in [6.07, 6.45) is 0.465. The van der Waals surface area contributed by atoms with Gasteiger partial charge < -0.3 is 5.32 Å². The maximum atomic E-state index is 13.5. The number of hydrogen-bond donors (Lipinski definition) is 2. The van der Waals surface area contributed by atoms with Gasteiger partial charge in [0.05, 0.1) is 23.2 Å². The molecule has 2 rings (SSSR count). The van der Waals surface area contributed by atoms with Gasteiger partial charge in [0.1, 0.15) is 5.82 Å². The first-order valence-corrected chi connectivity index (χ1v) is 8.56. The quantitative estimate of drug-likeness (QED) is 0.879. The van der Waals surface area contributed by atoms with Crippen LogP contribution in [-0.2, 0) is 14.6 Å². The van der Waals surface area contributed by atoms with Gasteiger partial charge in [-0.2, -0.15) is 0 Å². The summed E-state index contributed by atoms with van der Waals surface area (Å²) in [4.78, 5) is 12.1. The standard InChI is InChI=1S/C14H19FN2O3S/c1-10(17-14(2)7-8-21(19,20)9-14)13(18)16-12-6-4-3-5-11(12)15/h3-6,10,17H,7-9H2,1-2H3,(H,16,18)/t10-,14+/m0/s1. The second-order valence-corrected chi connectivity index (χ2v) is 7.92. The van der Waals surface area contributed by atoms with Crippen LogP contribution < -0.4 is 10.6 Å². The van der Waals surface area contributed by atoms with Crippen molar-refractivity contribution in [1.82, 2.24) is 5.32 Å². The van der Waals surface area contributed by atoms with E-state index >= 15 is 0 Å². The summed E-state index contributed by atoms with van der Waals surface area (Å²) in [5.74, 6) is -0.770. The predicted octanol–water partition coefficient (Wildman–Crippen LogP) is 1.32. The third kappa shape index (κ3) is 4.01. The van der Waals surface area contributed by atoms with Crippen molar-refractivity contribution in [3.8, 4) is 0 Å². The van der Waals surface area contributed by atoms with Gasteiger partial charge in [-0.25, -0.2) is 12.8 Å². The number of rotatable bonds is 4. The largest absolute Gasteiger partial charge is 0.322 e. The van der Waals surface area contributed by atoms with Crippen LogP contribution in [0.15, 0.2) is 24.3 Å². The van der Waals surface area contributed by atoms with Crippen molar-refractivity contribution >= 4 is 21.4 Å². The van der Waals surface area contributed by atoms with E-state index in [1.807, 2.05) is 0 Å². The fourth-order valence-corrected chi connectivity index (χ4v) is 4.62. The van der Waals surface area contributed by atoms with E-state index in [9.17, 15) is 17.6 Å². The van der Waals surface area contributed by atoms with Gasteiger partial charge in [-0.05, 0) is 32.4 Å². The van der Waals surface area contributed by atoms with E-state index in [0.717, 1.165) is 0 Å². The van der Waals surface area contributed by atoms with Crippen LogP contribution in [0.5, 0.6) is 0 Å². The zero-order valence-electron chi connectivity index (χ0n) is 12.0. The Hall–Kier alpha value is -1.47. The van der Waals surface area contributed by atoms with Gasteiger partial charge >= 0.3 is 0 Å². The number of anilines is 1. The SMILES string of the molecule is C[C@H](N[C@]1(C)CCS(=O)(=O)C1)C(=O)Nc1ccccc1F. The van der Waals surface area contributed by atoms with E-state index in [0.29, 0.717) is 6.42 Å². The molecule has 0 radical (unpaired) electrons. The molecule has 1 fully saturated rings. The molecule has 116 valence electrons. The van der Waals surface area contributed by atoms with E-state index in [1.165, 1.54) is 18.2 Å². The molecule has 0 spiro atoms. The number of carbonyl (C=O) groups is 1. The van der Waals surface area contributed by atoms with Crippen LogP contribution in [0.1, 0.15) is 20.3 Å². The molecule has 2 N–H and O–H groups in total. The van der Waals surface area contributed by atoms with Crippen molar-refractivity contribution in [2.24, 2.45) is 0 Å². The Labute approximate surface area is 123 Å². The lowest BCUT2D eigenvalue weighted by Gasteiger charge is -2.28. The Balaban J connectivity index is 1.99. The Morgan fingerprint density at radius 2 is 2.05 bits per heavy atom. The van der Waals surface area contributed by atoms with E-state index in [-0.39, 0.29) is 17.2 Å². The van der Waals surface area contributed by atoms with Crippen molar-refractivity contribution in [2.75, 3.05) is 16.8 Å². The Bertz CT molecular complexity index is 647. The normalized spacial score (nSPS) is 25.5. The highest BCUT2D eigenvalue weighted by molar-refractivity contribution is 7.91. The maximum Gasteiger partial charge on any atom is 0.241 e. The lowest BCUT2D eigenvalue weighted by molar-refractivity contribution is -0.118. The monoisotopic (exact) mass is 314 g/mol. The third-order valence-corrected chi connectivity index (χ3v) is 5.50. The Morgan fingerprint density at radius 3 is 2.62 bits per heavy atom. The molecule has 1 aromatic carbocycles. The van der Waals surface area contributed by atoms with E-state index in [1.54, 1.807) is 19.9 Å². The van der Waals surface area contributed by atoms with Crippen molar-refractivity contribution in [2.45, 2.75) is 31.8 Å². The van der Waals surface area contributed by atoms with Crippen LogP contribution >= 0.6 is 0 Å². The van der Waals surface area contributed by atoms with E-state index in [4.69, 9.17) is 0 Å². The molecule has 1 aliphatic rings. The molecule has 0 aromatic heterocycles. The van der Waals surface area contributed by atoms with Crippen molar-refractivity contribution in [3.63, 3.8) is 0 Å². The topological polar surface area (TPSA) is 75.3 Å². The van der Waals surface area contributed by atoms with Crippen molar-refractivity contribution < 1.29 is 17.6 Å². The number of sulfone groups is 1. The van der Waals surface area contributed by atoms with Crippen molar-refractivity contribution in [1.29, 1.82) is 0 Å². The number of para-hydroxylation sites is 1. The van der Waals surface area contributed by atoms with Gasteiger partial charge in [0.25, 0.3) is 0 Å². The molecule has 1 aromatic rings. The highest BCUT2D eigenvalue weighted by Crippen LogP contribution is 2.23. The molecule has 1 amide bonds. The summed E-state index contributed by atoms with van der Waals surface area (Å²) >= 11 is 0. The Kier molecular flexibility index (Phi) is 4.34. The lowest BCUT2D eigenvalue weighted by atomic mass is 10.0. The number of amides is 1. The highest BCUT2D eigenvalue weighted by Gasteiger charge is 2.39. The molecule has 5 nitrogen and oxygen atoms in total. The first kappa shape index (κ1) is 15.9. The highest BCUT2D eigenvalue weighted by atomic mass is 32.2. The second-order valence-electron chi connectivity index (χ2n) is 5.74. The molecule has 2 atom stereocenters. The summed E-state index contributed by atoms with van der Waals surface area (Å²) in [6, 6.07) is 5.28.